The van der Waals surface area contributed by atoms with Crippen LogP contribution in [0.5, 0.6) is 0 Å². The van der Waals surface area contributed by atoms with Crippen molar-refractivity contribution in [2.75, 3.05) is 25.1 Å². The molecule has 0 saturated carbocycles. The molecule has 3 fully saturated rings. The summed E-state index contributed by atoms with van der Waals surface area (Å²) >= 11 is 9.73. The highest BCUT2D eigenvalue weighted by Crippen LogP contribution is 2.60. The van der Waals surface area contributed by atoms with Crippen molar-refractivity contribution in [1.82, 2.24) is 4.90 Å². The molecule has 0 aliphatic carbocycles. The standard InChI is InChI=1S/C20H22BrClN2O6/c1-2-29-19(28)13-14-18(27)24(7-8-25)16(20(14)9-10(21)15(13)30-20)17(26)23-12-6-4-3-5-11(12)22/h3-6,10,13-16,25H,2,7-9H2,1H3,(H,23,26)/t10?,13-,14-,15-,16?,20?/m0/s1. The second-order valence-corrected chi connectivity index (χ2v) is 9.22. The molecule has 3 aliphatic heterocycles. The summed E-state index contributed by atoms with van der Waals surface area (Å²) in [4.78, 5) is 40.5. The van der Waals surface area contributed by atoms with E-state index in [4.69, 9.17) is 21.1 Å². The number of para-hydroxylation sites is 1. The average Bonchev–Trinajstić information content (AvgIpc) is 3.28. The minimum Gasteiger partial charge on any atom is -0.466 e. The number of aliphatic hydroxyl groups is 1. The largest absolute Gasteiger partial charge is 0.466 e. The quantitative estimate of drug-likeness (QED) is 0.453. The van der Waals surface area contributed by atoms with Crippen molar-refractivity contribution < 1.29 is 29.0 Å². The third kappa shape index (κ3) is 3.14. The van der Waals surface area contributed by atoms with E-state index >= 15 is 0 Å². The van der Waals surface area contributed by atoms with E-state index < -0.39 is 41.5 Å². The Balaban J connectivity index is 1.72. The summed E-state index contributed by atoms with van der Waals surface area (Å²) in [5.41, 5.74) is -0.779. The van der Waals surface area contributed by atoms with E-state index in [0.717, 1.165) is 0 Å². The maximum Gasteiger partial charge on any atom is 0.312 e. The lowest BCUT2D eigenvalue weighted by molar-refractivity contribution is -0.154. The topological polar surface area (TPSA) is 105 Å². The number of halogens is 2. The van der Waals surface area contributed by atoms with Gasteiger partial charge in [-0.05, 0) is 25.5 Å². The van der Waals surface area contributed by atoms with Gasteiger partial charge in [0.15, 0.2) is 0 Å². The van der Waals surface area contributed by atoms with Crippen molar-refractivity contribution in [1.29, 1.82) is 0 Å². The van der Waals surface area contributed by atoms with Gasteiger partial charge in [0, 0.05) is 11.4 Å². The maximum absolute atomic E-state index is 13.4. The average molecular weight is 502 g/mol. The number of alkyl halides is 1. The molecule has 1 aromatic carbocycles. The fourth-order valence-electron chi connectivity index (χ4n) is 5.05. The lowest BCUT2D eigenvalue weighted by Crippen LogP contribution is -2.54. The molecule has 3 saturated heterocycles. The Bertz CT molecular complexity index is 885. The first kappa shape index (κ1) is 21.5. The second kappa shape index (κ2) is 8.11. The Kier molecular flexibility index (Phi) is 5.82. The van der Waals surface area contributed by atoms with E-state index in [1.165, 1.54) is 4.90 Å². The van der Waals surface area contributed by atoms with E-state index in [1.807, 2.05) is 0 Å². The van der Waals surface area contributed by atoms with E-state index in [9.17, 15) is 19.5 Å². The van der Waals surface area contributed by atoms with Crippen LogP contribution < -0.4 is 5.32 Å². The zero-order valence-corrected chi connectivity index (χ0v) is 18.6. The Morgan fingerprint density at radius 3 is 2.83 bits per heavy atom. The Labute approximate surface area is 187 Å². The van der Waals surface area contributed by atoms with Crippen LogP contribution in [0.4, 0.5) is 5.69 Å². The number of hydrogen-bond acceptors (Lipinski definition) is 6. The van der Waals surface area contributed by atoms with Crippen LogP contribution in [0.3, 0.4) is 0 Å². The number of nitrogens with zero attached hydrogens (tertiary/aromatic N) is 1. The molecular formula is C20H22BrClN2O6. The van der Waals surface area contributed by atoms with Crippen LogP contribution >= 0.6 is 27.5 Å². The highest BCUT2D eigenvalue weighted by molar-refractivity contribution is 9.09. The third-order valence-electron chi connectivity index (χ3n) is 6.07. The van der Waals surface area contributed by atoms with Crippen LogP contribution in [0, 0.1) is 11.8 Å². The van der Waals surface area contributed by atoms with Gasteiger partial charge in [-0.25, -0.2) is 0 Å². The van der Waals surface area contributed by atoms with Crippen LogP contribution in [0.15, 0.2) is 24.3 Å². The number of fused-ring (bicyclic) bond motifs is 1. The minimum absolute atomic E-state index is 0.0474. The Morgan fingerprint density at radius 2 is 2.17 bits per heavy atom. The summed E-state index contributed by atoms with van der Waals surface area (Å²) in [5.74, 6) is -3.03. The van der Waals surface area contributed by atoms with Crippen molar-refractivity contribution in [3.05, 3.63) is 29.3 Å². The predicted octanol–water partition coefficient (Wildman–Crippen LogP) is 1.58. The molecule has 2 bridgehead atoms. The first-order valence-electron chi connectivity index (χ1n) is 9.81. The normalized spacial score (nSPS) is 34.2. The summed E-state index contributed by atoms with van der Waals surface area (Å²) in [5, 5.41) is 12.7. The van der Waals surface area contributed by atoms with Gasteiger partial charge in [0.25, 0.3) is 0 Å². The molecule has 1 aromatic rings. The van der Waals surface area contributed by atoms with Gasteiger partial charge in [0.1, 0.15) is 11.6 Å². The summed E-state index contributed by atoms with van der Waals surface area (Å²) in [6.07, 6.45) is -0.183. The molecule has 1 spiro atoms. The van der Waals surface area contributed by atoms with Crippen molar-refractivity contribution in [2.45, 2.75) is 35.9 Å². The molecular weight excluding hydrogens is 480 g/mol. The summed E-state index contributed by atoms with van der Waals surface area (Å²) in [7, 11) is 0. The smallest absolute Gasteiger partial charge is 0.312 e. The van der Waals surface area contributed by atoms with E-state index in [0.29, 0.717) is 17.1 Å². The number of ether oxygens (including phenoxy) is 2. The van der Waals surface area contributed by atoms with Gasteiger partial charge in [-0.1, -0.05) is 39.7 Å². The van der Waals surface area contributed by atoms with Crippen LogP contribution in [0.1, 0.15) is 13.3 Å². The summed E-state index contributed by atoms with van der Waals surface area (Å²) < 4.78 is 11.4. The summed E-state index contributed by atoms with van der Waals surface area (Å²) in [6.45, 7) is 1.51. The lowest BCUT2D eigenvalue weighted by atomic mass is 9.70. The Morgan fingerprint density at radius 1 is 1.43 bits per heavy atom. The third-order valence-corrected chi connectivity index (χ3v) is 7.24. The molecule has 162 valence electrons. The number of carbonyl (C=O) groups excluding carboxylic acids is 3. The van der Waals surface area contributed by atoms with Crippen LogP contribution in [-0.4, -0.2) is 70.1 Å². The SMILES string of the molecule is CCOC(=O)[C@H]1[C@H]2C(=O)N(CCO)C(C(=O)Nc3ccccc3Cl)C23CC(Br)[C@@H]1O3. The van der Waals surface area contributed by atoms with Crippen molar-refractivity contribution in [3.63, 3.8) is 0 Å². The molecule has 4 rings (SSSR count). The molecule has 6 atom stereocenters. The minimum atomic E-state index is -1.19. The van der Waals surface area contributed by atoms with Crippen molar-refractivity contribution in [3.8, 4) is 0 Å². The van der Waals surface area contributed by atoms with Crippen LogP contribution in [0.2, 0.25) is 5.02 Å². The highest BCUT2D eigenvalue weighted by Gasteiger charge is 2.76. The first-order valence-corrected chi connectivity index (χ1v) is 11.1. The zero-order valence-electron chi connectivity index (χ0n) is 16.2. The monoisotopic (exact) mass is 500 g/mol. The molecule has 0 aromatic heterocycles. The van der Waals surface area contributed by atoms with Crippen LogP contribution in [-0.2, 0) is 23.9 Å². The van der Waals surface area contributed by atoms with E-state index in [-0.39, 0.29) is 30.5 Å². The number of likely N-dealkylation sites (tertiary alicyclic amines) is 1. The molecule has 2 amide bonds. The Hall–Kier alpha value is -1.68. The van der Waals surface area contributed by atoms with Gasteiger partial charge in [0.2, 0.25) is 11.8 Å². The number of β-amino-alcohol motifs (C(OH)–C–C–N with tert-alkyl or cyclic N) is 1. The molecule has 2 N–H and O–H groups in total. The van der Waals surface area contributed by atoms with Crippen molar-refractivity contribution >= 4 is 51.0 Å². The number of esters is 1. The van der Waals surface area contributed by atoms with Gasteiger partial charge in [-0.2, -0.15) is 0 Å². The molecule has 3 unspecified atom stereocenters. The van der Waals surface area contributed by atoms with Gasteiger partial charge < -0.3 is 24.8 Å². The van der Waals surface area contributed by atoms with Crippen LogP contribution in [0.25, 0.3) is 0 Å². The maximum atomic E-state index is 13.4. The van der Waals surface area contributed by atoms with Gasteiger partial charge in [-0.15, -0.1) is 0 Å². The molecule has 8 nitrogen and oxygen atoms in total. The van der Waals surface area contributed by atoms with Gasteiger partial charge in [0.05, 0.1) is 41.9 Å². The zero-order chi connectivity index (χ0) is 21.6. The number of benzene rings is 1. The molecule has 10 heteroatoms. The fraction of sp³-hybridized carbons (Fsp3) is 0.550. The molecule has 0 radical (unpaired) electrons. The van der Waals surface area contributed by atoms with E-state index in [2.05, 4.69) is 21.2 Å². The second-order valence-electron chi connectivity index (χ2n) is 7.64. The predicted molar refractivity (Wildman–Crippen MR) is 111 cm³/mol. The number of hydrogen-bond donors (Lipinski definition) is 2. The fourth-order valence-corrected chi connectivity index (χ4v) is 6.18. The number of aliphatic hydroxyl groups excluding tert-OH is 1. The van der Waals surface area contributed by atoms with Crippen molar-refractivity contribution in [2.24, 2.45) is 11.8 Å². The molecule has 3 heterocycles. The van der Waals surface area contributed by atoms with Gasteiger partial charge in [-0.3, -0.25) is 14.4 Å². The number of anilines is 1. The lowest BCUT2D eigenvalue weighted by Gasteiger charge is -2.33. The number of nitrogens with one attached hydrogen (secondary N) is 1. The molecule has 30 heavy (non-hydrogen) atoms. The first-order chi connectivity index (χ1) is 14.4. The number of rotatable bonds is 6. The number of amides is 2. The number of carbonyl (C=O) groups is 3. The highest BCUT2D eigenvalue weighted by atomic mass is 79.9. The summed E-state index contributed by atoms with van der Waals surface area (Å²) in [6, 6.07) is 5.77. The molecule has 3 aliphatic rings. The van der Waals surface area contributed by atoms with Gasteiger partial charge >= 0.3 is 5.97 Å². The van der Waals surface area contributed by atoms with E-state index in [1.54, 1.807) is 31.2 Å².